The van der Waals surface area contributed by atoms with Gasteiger partial charge in [0.05, 0.1) is 23.7 Å². The second kappa shape index (κ2) is 13.3. The number of carboxylic acid groups (broad SMARTS) is 1. The molecule has 0 aliphatic heterocycles. The van der Waals surface area contributed by atoms with Gasteiger partial charge in [0.25, 0.3) is 5.91 Å². The van der Waals surface area contributed by atoms with Crippen molar-refractivity contribution >= 4 is 34.9 Å². The molecule has 0 fully saturated rings. The van der Waals surface area contributed by atoms with Crippen LogP contribution in [0.25, 0.3) is 11.1 Å². The number of aryl methyl sites for hydroxylation is 2. The van der Waals surface area contributed by atoms with Crippen molar-refractivity contribution in [1.82, 2.24) is 5.32 Å². The second-order valence-electron chi connectivity index (χ2n) is 10.3. The molecule has 3 N–H and O–H groups in total. The van der Waals surface area contributed by atoms with Crippen LogP contribution in [0.3, 0.4) is 0 Å². The van der Waals surface area contributed by atoms with Crippen LogP contribution in [0, 0.1) is 13.8 Å². The Labute approximate surface area is 255 Å². The van der Waals surface area contributed by atoms with E-state index >= 15 is 0 Å². The van der Waals surface area contributed by atoms with Gasteiger partial charge in [0, 0.05) is 16.3 Å². The topological polar surface area (TPSA) is 87.7 Å². The minimum absolute atomic E-state index is 0.292. The van der Waals surface area contributed by atoms with Crippen molar-refractivity contribution in [3.8, 4) is 22.6 Å². The van der Waals surface area contributed by atoms with E-state index in [9.17, 15) is 14.7 Å². The molecule has 7 heteroatoms. The molecule has 43 heavy (non-hydrogen) atoms. The molecule has 5 aromatic rings. The Kier molecular flexibility index (Phi) is 9.08. The lowest BCUT2D eigenvalue weighted by molar-refractivity contribution is -0.137. The van der Waals surface area contributed by atoms with Crippen LogP contribution in [0.5, 0.6) is 11.5 Å². The van der Waals surface area contributed by atoms with Gasteiger partial charge in [0.1, 0.15) is 11.5 Å². The molecule has 0 aliphatic carbocycles. The van der Waals surface area contributed by atoms with Crippen LogP contribution < -0.4 is 15.4 Å². The predicted octanol–water partition coefficient (Wildman–Crippen LogP) is 9.11. The quantitative estimate of drug-likeness (QED) is 0.151. The lowest BCUT2D eigenvalue weighted by atomic mass is 9.98. The van der Waals surface area contributed by atoms with Crippen LogP contribution in [0.2, 0.25) is 5.02 Å². The van der Waals surface area contributed by atoms with Gasteiger partial charge in [0.2, 0.25) is 0 Å². The fourth-order valence-corrected chi connectivity index (χ4v) is 5.16. The zero-order chi connectivity index (χ0) is 30.3. The first kappa shape index (κ1) is 29.4. The third kappa shape index (κ3) is 7.61. The molecular weight excluding hydrogens is 560 g/mol. The van der Waals surface area contributed by atoms with Crippen molar-refractivity contribution in [3.63, 3.8) is 0 Å². The van der Waals surface area contributed by atoms with E-state index in [1.165, 1.54) is 0 Å². The van der Waals surface area contributed by atoms with E-state index in [0.717, 1.165) is 33.7 Å². The number of ether oxygens (including phenoxy) is 1. The van der Waals surface area contributed by atoms with Gasteiger partial charge in [-0.3, -0.25) is 9.59 Å². The summed E-state index contributed by atoms with van der Waals surface area (Å²) in [5, 5.41) is 16.3. The van der Waals surface area contributed by atoms with Crippen molar-refractivity contribution in [2.24, 2.45) is 0 Å². The molecule has 1 amide bonds. The van der Waals surface area contributed by atoms with Crippen molar-refractivity contribution < 1.29 is 19.4 Å². The number of hydrogen-bond acceptors (Lipinski definition) is 4. The van der Waals surface area contributed by atoms with E-state index < -0.39 is 17.9 Å². The number of anilines is 2. The SMILES string of the molecule is Cc1cc(C)cc(Nc2ccc(Cl)cc2C(=O)NC(CC(=O)O)c2ccc(-c3ccccc3Oc3ccccc3)cc2)c1. The fraction of sp³-hybridized carbons (Fsp3) is 0.111. The molecule has 1 atom stereocenters. The molecule has 0 bridgehead atoms. The number of hydrogen-bond donors (Lipinski definition) is 3. The fourth-order valence-electron chi connectivity index (χ4n) is 4.98. The maximum Gasteiger partial charge on any atom is 0.305 e. The molecule has 216 valence electrons. The average Bonchev–Trinajstić information content (AvgIpc) is 2.98. The molecule has 0 radical (unpaired) electrons. The van der Waals surface area contributed by atoms with Gasteiger partial charge in [-0.1, -0.05) is 78.3 Å². The Bertz CT molecular complexity index is 1730. The minimum atomic E-state index is -1.03. The first-order valence-corrected chi connectivity index (χ1v) is 14.2. The zero-order valence-corrected chi connectivity index (χ0v) is 24.6. The highest BCUT2D eigenvalue weighted by molar-refractivity contribution is 6.31. The number of benzene rings is 5. The lowest BCUT2D eigenvalue weighted by Crippen LogP contribution is -2.30. The van der Waals surface area contributed by atoms with Crippen molar-refractivity contribution in [3.05, 3.63) is 143 Å². The maximum atomic E-state index is 13.6. The Morgan fingerprint density at radius 3 is 2.19 bits per heavy atom. The van der Waals surface area contributed by atoms with Gasteiger partial charge in [0.15, 0.2) is 0 Å². The molecule has 5 aromatic carbocycles. The summed E-state index contributed by atoms with van der Waals surface area (Å²) in [7, 11) is 0. The molecule has 0 aliphatic rings. The number of amides is 1. The van der Waals surface area contributed by atoms with E-state index in [-0.39, 0.29) is 6.42 Å². The largest absolute Gasteiger partial charge is 0.481 e. The molecule has 0 aromatic heterocycles. The number of para-hydroxylation sites is 2. The van der Waals surface area contributed by atoms with E-state index in [2.05, 4.69) is 16.7 Å². The normalized spacial score (nSPS) is 11.4. The first-order chi connectivity index (χ1) is 20.7. The van der Waals surface area contributed by atoms with Crippen molar-refractivity contribution in [2.75, 3.05) is 5.32 Å². The number of rotatable bonds is 10. The van der Waals surface area contributed by atoms with Crippen LogP contribution in [0.15, 0.2) is 115 Å². The highest BCUT2D eigenvalue weighted by atomic mass is 35.5. The molecule has 0 spiro atoms. The molecular formula is C36H31ClN2O4. The number of carbonyl (C=O) groups is 2. The van der Waals surface area contributed by atoms with Crippen molar-refractivity contribution in [2.45, 2.75) is 26.3 Å². The monoisotopic (exact) mass is 590 g/mol. The number of nitrogens with one attached hydrogen (secondary N) is 2. The van der Waals surface area contributed by atoms with Gasteiger partial charge in [-0.25, -0.2) is 0 Å². The smallest absolute Gasteiger partial charge is 0.305 e. The van der Waals surface area contributed by atoms with Gasteiger partial charge in [-0.05, 0) is 84.6 Å². The standard InChI is InChI=1S/C36H31ClN2O4/c1-23-18-24(2)20-28(19-23)38-32-17-16-27(37)21-31(32)36(42)39-33(22-35(40)41)26-14-12-25(13-15-26)30-10-6-7-11-34(30)43-29-8-4-3-5-9-29/h3-21,33,38H,22H2,1-2H3,(H,39,42)(H,40,41). The number of halogens is 1. The van der Waals surface area contributed by atoms with E-state index in [1.807, 2.05) is 105 Å². The molecule has 1 unspecified atom stereocenters. The summed E-state index contributed by atoms with van der Waals surface area (Å²) in [5.74, 6) is -0.0492. The van der Waals surface area contributed by atoms with E-state index in [1.54, 1.807) is 18.2 Å². The average molecular weight is 591 g/mol. The van der Waals surface area contributed by atoms with Crippen LogP contribution >= 0.6 is 11.6 Å². The molecule has 0 heterocycles. The molecule has 5 rings (SSSR count). The van der Waals surface area contributed by atoms with E-state index in [0.29, 0.717) is 27.6 Å². The summed E-state index contributed by atoms with van der Waals surface area (Å²) in [4.78, 5) is 25.4. The second-order valence-corrected chi connectivity index (χ2v) is 10.8. The third-order valence-corrected chi connectivity index (χ3v) is 7.13. The summed E-state index contributed by atoms with van der Waals surface area (Å²) in [6.45, 7) is 4.01. The van der Waals surface area contributed by atoms with Gasteiger partial charge in [-0.15, -0.1) is 0 Å². The van der Waals surface area contributed by atoms with Gasteiger partial charge in [-0.2, -0.15) is 0 Å². The number of carbonyl (C=O) groups excluding carboxylic acids is 1. The lowest BCUT2D eigenvalue weighted by Gasteiger charge is -2.20. The Morgan fingerprint density at radius 1 is 0.814 bits per heavy atom. The van der Waals surface area contributed by atoms with E-state index in [4.69, 9.17) is 16.3 Å². The van der Waals surface area contributed by atoms with Crippen LogP contribution in [-0.2, 0) is 4.79 Å². The first-order valence-electron chi connectivity index (χ1n) is 13.8. The summed E-state index contributed by atoms with van der Waals surface area (Å²) >= 11 is 6.28. The van der Waals surface area contributed by atoms with Gasteiger partial charge < -0.3 is 20.5 Å². The molecule has 0 saturated heterocycles. The summed E-state index contributed by atoms with van der Waals surface area (Å²) in [6.07, 6.45) is -0.292. The van der Waals surface area contributed by atoms with Crippen LogP contribution in [0.1, 0.15) is 39.5 Å². The zero-order valence-electron chi connectivity index (χ0n) is 23.8. The Morgan fingerprint density at radius 2 is 1.49 bits per heavy atom. The minimum Gasteiger partial charge on any atom is -0.481 e. The Balaban J connectivity index is 1.39. The number of aliphatic carboxylic acids is 1. The summed E-state index contributed by atoms with van der Waals surface area (Å²) in [6, 6.07) is 35.0. The van der Waals surface area contributed by atoms with Crippen LogP contribution in [-0.4, -0.2) is 17.0 Å². The molecule has 6 nitrogen and oxygen atoms in total. The van der Waals surface area contributed by atoms with Gasteiger partial charge >= 0.3 is 5.97 Å². The molecule has 0 saturated carbocycles. The summed E-state index contributed by atoms with van der Waals surface area (Å²) in [5.41, 5.74) is 6.32. The Hall–Kier alpha value is -5.07. The number of carboxylic acids is 1. The highest BCUT2D eigenvalue weighted by Gasteiger charge is 2.22. The predicted molar refractivity (Wildman–Crippen MR) is 172 cm³/mol. The maximum absolute atomic E-state index is 13.6. The van der Waals surface area contributed by atoms with Crippen LogP contribution in [0.4, 0.5) is 11.4 Å². The highest BCUT2D eigenvalue weighted by Crippen LogP contribution is 2.34. The third-order valence-electron chi connectivity index (χ3n) is 6.89. The summed E-state index contributed by atoms with van der Waals surface area (Å²) < 4.78 is 6.12. The van der Waals surface area contributed by atoms with Crippen molar-refractivity contribution in [1.29, 1.82) is 0 Å².